The Hall–Kier alpha value is -1.01. The molecule has 0 aliphatic carbocycles. The van der Waals surface area contributed by atoms with Gasteiger partial charge in [-0.3, -0.25) is 4.98 Å². The van der Waals surface area contributed by atoms with Gasteiger partial charge in [-0.05, 0) is 0 Å². The first-order valence-corrected chi connectivity index (χ1v) is 6.70. The number of rotatable bonds is 3. The second-order valence-electron chi connectivity index (χ2n) is 4.48. The second kappa shape index (κ2) is 4.47. The van der Waals surface area contributed by atoms with Crippen LogP contribution in [0.1, 0.15) is 30.7 Å². The Morgan fingerprint density at radius 1 is 1.31 bits per heavy atom. The van der Waals surface area contributed by atoms with Crippen molar-refractivity contribution in [1.82, 2.24) is 15.2 Å². The van der Waals surface area contributed by atoms with Gasteiger partial charge in [0.25, 0.3) is 0 Å². The monoisotopic (exact) mass is 254 g/mol. The molecule has 2 aromatic heterocycles. The Morgan fingerprint density at radius 3 is 2.69 bits per heavy atom. The van der Waals surface area contributed by atoms with Crippen molar-refractivity contribution in [3.63, 3.8) is 0 Å². The average Bonchev–Trinajstić information content (AvgIpc) is 2.85. The number of aromatic nitrogens is 3. The summed E-state index contributed by atoms with van der Waals surface area (Å²) in [6, 6.07) is 0. The minimum Gasteiger partial charge on any atom is -0.355 e. The lowest BCUT2D eigenvalue weighted by Gasteiger charge is -2.12. The maximum absolute atomic E-state index is 4.18. The fourth-order valence-electron chi connectivity index (χ4n) is 1.09. The minimum atomic E-state index is 0.0715. The van der Waals surface area contributed by atoms with Crippen LogP contribution < -0.4 is 5.32 Å². The highest BCUT2D eigenvalue weighted by Crippen LogP contribution is 2.27. The fourth-order valence-corrected chi connectivity index (χ4v) is 2.42. The zero-order chi connectivity index (χ0) is 11.6. The summed E-state index contributed by atoms with van der Waals surface area (Å²) in [5, 5.41) is 13.5. The number of nitrogens with one attached hydrogen (secondary N) is 1. The Bertz CT molecular complexity index is 442. The highest BCUT2D eigenvalue weighted by Gasteiger charge is 2.19. The van der Waals surface area contributed by atoms with Gasteiger partial charge in [-0.15, -0.1) is 21.5 Å². The van der Waals surface area contributed by atoms with E-state index in [-0.39, 0.29) is 5.41 Å². The maximum Gasteiger partial charge on any atom is 0.205 e. The number of anilines is 1. The van der Waals surface area contributed by atoms with E-state index in [0.29, 0.717) is 0 Å². The number of hydrogen-bond donors (Lipinski definition) is 1. The van der Waals surface area contributed by atoms with Gasteiger partial charge in [-0.25, -0.2) is 0 Å². The van der Waals surface area contributed by atoms with E-state index >= 15 is 0 Å². The Morgan fingerprint density at radius 2 is 2.12 bits per heavy atom. The van der Waals surface area contributed by atoms with Gasteiger partial charge in [0, 0.05) is 16.5 Å². The molecule has 0 unspecified atom stereocenters. The molecule has 2 rings (SSSR count). The molecule has 16 heavy (non-hydrogen) atoms. The third kappa shape index (κ3) is 2.76. The first kappa shape index (κ1) is 11.5. The van der Waals surface area contributed by atoms with E-state index < -0.39 is 0 Å². The van der Waals surface area contributed by atoms with E-state index in [0.717, 1.165) is 16.7 Å². The molecule has 0 aliphatic heterocycles. The van der Waals surface area contributed by atoms with Crippen LogP contribution in [0.25, 0.3) is 0 Å². The highest BCUT2D eigenvalue weighted by atomic mass is 32.1. The third-order valence-corrected chi connectivity index (χ3v) is 4.05. The summed E-state index contributed by atoms with van der Waals surface area (Å²) in [5.74, 6) is 0. The summed E-state index contributed by atoms with van der Waals surface area (Å²) in [6.07, 6.45) is 1.86. The molecule has 0 atom stereocenters. The van der Waals surface area contributed by atoms with E-state index in [1.807, 2.05) is 11.7 Å². The molecule has 0 saturated heterocycles. The van der Waals surface area contributed by atoms with Crippen molar-refractivity contribution >= 4 is 27.8 Å². The molecule has 6 heteroatoms. The largest absolute Gasteiger partial charge is 0.355 e. The van der Waals surface area contributed by atoms with E-state index in [2.05, 4.69) is 41.3 Å². The lowest BCUT2D eigenvalue weighted by molar-refractivity contribution is 0.578. The van der Waals surface area contributed by atoms with E-state index in [9.17, 15) is 0 Å². The Balaban J connectivity index is 1.98. The zero-order valence-corrected chi connectivity index (χ0v) is 11.2. The Kier molecular flexibility index (Phi) is 3.20. The molecular formula is C10H14N4S2. The van der Waals surface area contributed by atoms with Gasteiger partial charge in [0.15, 0.2) is 0 Å². The highest BCUT2D eigenvalue weighted by molar-refractivity contribution is 7.15. The molecule has 0 amide bonds. The summed E-state index contributed by atoms with van der Waals surface area (Å²) < 4.78 is 0. The van der Waals surface area contributed by atoms with Crippen LogP contribution in [0.15, 0.2) is 11.7 Å². The summed E-state index contributed by atoms with van der Waals surface area (Å²) in [4.78, 5) is 5.23. The second-order valence-corrected chi connectivity index (χ2v) is 6.43. The van der Waals surface area contributed by atoms with Gasteiger partial charge in [0.1, 0.15) is 5.01 Å². The molecule has 0 aliphatic rings. The first-order chi connectivity index (χ1) is 7.55. The van der Waals surface area contributed by atoms with Crippen molar-refractivity contribution in [2.45, 2.75) is 32.7 Å². The standard InChI is InChI=1S/C10H14N4S2/c1-10(2,3)8-13-14-9(16-8)12-5-7-4-11-6-15-7/h4,6H,5H2,1-3H3,(H,12,14). The van der Waals surface area contributed by atoms with Crippen molar-refractivity contribution < 1.29 is 0 Å². The molecule has 2 heterocycles. The minimum absolute atomic E-state index is 0.0715. The summed E-state index contributed by atoms with van der Waals surface area (Å²) >= 11 is 3.25. The van der Waals surface area contributed by atoms with Crippen LogP contribution in [0, 0.1) is 0 Å². The van der Waals surface area contributed by atoms with E-state index in [1.165, 1.54) is 4.88 Å². The van der Waals surface area contributed by atoms with Crippen molar-refractivity contribution in [1.29, 1.82) is 0 Å². The number of hydrogen-bond acceptors (Lipinski definition) is 6. The fraction of sp³-hybridized carbons (Fsp3) is 0.500. The van der Waals surface area contributed by atoms with Gasteiger partial charge >= 0.3 is 0 Å². The van der Waals surface area contributed by atoms with Crippen LogP contribution in [-0.4, -0.2) is 15.2 Å². The third-order valence-electron chi connectivity index (χ3n) is 1.96. The van der Waals surface area contributed by atoms with Crippen molar-refractivity contribution in [2.24, 2.45) is 0 Å². The van der Waals surface area contributed by atoms with Crippen LogP contribution in [0.2, 0.25) is 0 Å². The molecule has 0 spiro atoms. The van der Waals surface area contributed by atoms with E-state index in [4.69, 9.17) is 0 Å². The molecule has 0 bridgehead atoms. The predicted octanol–water partition coefficient (Wildman–Crippen LogP) is 2.90. The van der Waals surface area contributed by atoms with Crippen LogP contribution in [0.4, 0.5) is 5.13 Å². The Labute approximate surface area is 103 Å². The van der Waals surface area contributed by atoms with Gasteiger partial charge < -0.3 is 5.32 Å². The molecule has 0 aromatic carbocycles. The lowest BCUT2D eigenvalue weighted by atomic mass is 9.98. The van der Waals surface area contributed by atoms with Crippen LogP contribution in [0.3, 0.4) is 0 Å². The molecule has 0 fully saturated rings. The zero-order valence-electron chi connectivity index (χ0n) is 9.52. The summed E-state index contributed by atoms with van der Waals surface area (Å²) in [5.41, 5.74) is 1.90. The molecule has 4 nitrogen and oxygen atoms in total. The number of nitrogens with zero attached hydrogens (tertiary/aromatic N) is 3. The lowest BCUT2D eigenvalue weighted by Crippen LogP contribution is -2.10. The van der Waals surface area contributed by atoms with Crippen molar-refractivity contribution in [3.8, 4) is 0 Å². The van der Waals surface area contributed by atoms with Gasteiger partial charge in [0.2, 0.25) is 5.13 Å². The van der Waals surface area contributed by atoms with Gasteiger partial charge in [-0.2, -0.15) is 0 Å². The molecule has 0 radical (unpaired) electrons. The van der Waals surface area contributed by atoms with Gasteiger partial charge in [0.05, 0.1) is 12.1 Å². The van der Waals surface area contributed by atoms with Crippen molar-refractivity contribution in [2.75, 3.05) is 5.32 Å². The van der Waals surface area contributed by atoms with Crippen LogP contribution in [0.5, 0.6) is 0 Å². The SMILES string of the molecule is CC(C)(C)c1nnc(NCc2cncs2)s1. The summed E-state index contributed by atoms with van der Waals surface area (Å²) in [6.45, 7) is 7.19. The predicted molar refractivity (Wildman–Crippen MR) is 68.0 cm³/mol. The van der Waals surface area contributed by atoms with E-state index in [1.54, 1.807) is 22.7 Å². The smallest absolute Gasteiger partial charge is 0.205 e. The van der Waals surface area contributed by atoms with Gasteiger partial charge in [-0.1, -0.05) is 32.1 Å². The normalized spacial score (nSPS) is 11.7. The summed E-state index contributed by atoms with van der Waals surface area (Å²) in [7, 11) is 0. The quantitative estimate of drug-likeness (QED) is 0.915. The molecule has 0 saturated carbocycles. The van der Waals surface area contributed by atoms with Crippen molar-refractivity contribution in [3.05, 3.63) is 21.6 Å². The molecule has 86 valence electrons. The first-order valence-electron chi connectivity index (χ1n) is 5.01. The van der Waals surface area contributed by atoms with Crippen LogP contribution >= 0.6 is 22.7 Å². The molecular weight excluding hydrogens is 240 g/mol. The van der Waals surface area contributed by atoms with Crippen LogP contribution in [-0.2, 0) is 12.0 Å². The number of thiazole rings is 1. The topological polar surface area (TPSA) is 50.7 Å². The average molecular weight is 254 g/mol. The maximum atomic E-state index is 4.18. The molecule has 2 aromatic rings. The molecule has 1 N–H and O–H groups in total.